The highest BCUT2D eigenvalue weighted by atomic mass is 19.1. The van der Waals surface area contributed by atoms with Gasteiger partial charge >= 0.3 is 0 Å². The van der Waals surface area contributed by atoms with Crippen LogP contribution < -0.4 is 5.32 Å². The first-order valence-corrected chi connectivity index (χ1v) is 10.3. The number of rotatable bonds is 4. The molecule has 1 saturated heterocycles. The van der Waals surface area contributed by atoms with Crippen LogP contribution in [0.1, 0.15) is 50.8 Å². The maximum Gasteiger partial charge on any atom is 0.262 e. The summed E-state index contributed by atoms with van der Waals surface area (Å²) in [6.45, 7) is 2.14. The van der Waals surface area contributed by atoms with E-state index in [4.69, 9.17) is 0 Å². The Balaban J connectivity index is 1.35. The summed E-state index contributed by atoms with van der Waals surface area (Å²) >= 11 is 0. The molecule has 7 nitrogen and oxygen atoms in total. The lowest BCUT2D eigenvalue weighted by Crippen LogP contribution is -2.53. The highest BCUT2D eigenvalue weighted by molar-refractivity contribution is 6.22. The number of likely N-dealkylation sites (tertiary alicyclic amines) is 1. The summed E-state index contributed by atoms with van der Waals surface area (Å²) in [6, 6.07) is 7.95. The molecule has 2 aliphatic rings. The van der Waals surface area contributed by atoms with E-state index in [2.05, 4.69) is 5.32 Å². The van der Waals surface area contributed by atoms with E-state index in [9.17, 15) is 28.0 Å². The first-order valence-electron chi connectivity index (χ1n) is 10.3. The molecule has 2 aromatic carbocycles. The molecule has 1 fully saturated rings. The number of carbonyl (C=O) groups is 4. The molecule has 2 heterocycles. The van der Waals surface area contributed by atoms with Crippen molar-refractivity contribution in [2.24, 2.45) is 0 Å². The Hall–Kier alpha value is -3.62. The summed E-state index contributed by atoms with van der Waals surface area (Å²) in [6.07, 6.45) is 0.851. The van der Waals surface area contributed by atoms with Crippen LogP contribution >= 0.6 is 0 Å². The van der Waals surface area contributed by atoms with Gasteiger partial charge in [-0.05, 0) is 44.0 Å². The Labute approximate surface area is 183 Å². The van der Waals surface area contributed by atoms with E-state index in [1.807, 2.05) is 0 Å². The first kappa shape index (κ1) is 21.6. The van der Waals surface area contributed by atoms with Crippen molar-refractivity contribution in [2.75, 3.05) is 13.1 Å². The second kappa shape index (κ2) is 8.49. The predicted octanol–water partition coefficient (Wildman–Crippen LogP) is 2.37. The molecule has 2 aliphatic heterocycles. The van der Waals surface area contributed by atoms with Gasteiger partial charge in [0.25, 0.3) is 17.7 Å². The molecule has 4 rings (SSSR count). The van der Waals surface area contributed by atoms with Crippen molar-refractivity contribution in [1.82, 2.24) is 15.1 Å². The monoisotopic (exact) mass is 441 g/mol. The van der Waals surface area contributed by atoms with Gasteiger partial charge in [-0.3, -0.25) is 24.1 Å². The molecule has 0 radical (unpaired) electrons. The van der Waals surface area contributed by atoms with Crippen molar-refractivity contribution in [1.29, 1.82) is 0 Å². The number of imide groups is 1. The zero-order chi connectivity index (χ0) is 23.0. The Bertz CT molecular complexity index is 1080. The number of hydrogen-bond donors (Lipinski definition) is 1. The minimum atomic E-state index is -0.957. The van der Waals surface area contributed by atoms with Crippen molar-refractivity contribution in [3.05, 3.63) is 70.8 Å². The summed E-state index contributed by atoms with van der Waals surface area (Å²) in [5.74, 6) is -3.69. The Morgan fingerprint density at radius 3 is 2.16 bits per heavy atom. The standard InChI is InChI=1S/C23H21F2N3O4/c1-13(28-22(31)16-4-2-3-5-17(16)23(28)32)21(30)27-10-8-15(9-11-27)26-20(29)18-7-6-14(24)12-19(18)25/h2-7,12-13,15H,8-11H2,1H3,(H,26,29). The lowest BCUT2D eigenvalue weighted by atomic mass is 10.0. The molecule has 9 heteroatoms. The van der Waals surface area contributed by atoms with Gasteiger partial charge in [-0.25, -0.2) is 8.78 Å². The first-order chi connectivity index (χ1) is 15.3. The SMILES string of the molecule is CC(C(=O)N1CCC(NC(=O)c2ccc(F)cc2F)CC1)N1C(=O)c2ccccc2C1=O. The maximum atomic E-state index is 13.8. The lowest BCUT2D eigenvalue weighted by Gasteiger charge is -2.35. The molecule has 0 saturated carbocycles. The molecule has 0 bridgehead atoms. The van der Waals surface area contributed by atoms with Gasteiger partial charge in [-0.2, -0.15) is 0 Å². The lowest BCUT2D eigenvalue weighted by molar-refractivity contribution is -0.136. The number of amides is 4. The highest BCUT2D eigenvalue weighted by Gasteiger charge is 2.42. The van der Waals surface area contributed by atoms with E-state index in [1.54, 1.807) is 29.2 Å². The number of fused-ring (bicyclic) bond motifs is 1. The quantitative estimate of drug-likeness (QED) is 0.739. The van der Waals surface area contributed by atoms with E-state index < -0.39 is 35.4 Å². The van der Waals surface area contributed by atoms with Crippen LogP contribution in [0.2, 0.25) is 0 Å². The molecule has 0 aliphatic carbocycles. The second-order valence-electron chi connectivity index (χ2n) is 7.90. The number of benzene rings is 2. The van der Waals surface area contributed by atoms with Crippen molar-refractivity contribution in [2.45, 2.75) is 31.8 Å². The van der Waals surface area contributed by atoms with Crippen LogP contribution in [0.5, 0.6) is 0 Å². The van der Waals surface area contributed by atoms with Gasteiger partial charge in [0.2, 0.25) is 5.91 Å². The number of carbonyl (C=O) groups excluding carboxylic acids is 4. The summed E-state index contributed by atoms with van der Waals surface area (Å²) in [4.78, 5) is 53.0. The number of hydrogen-bond acceptors (Lipinski definition) is 4. The van der Waals surface area contributed by atoms with Crippen LogP contribution in [0.4, 0.5) is 8.78 Å². The summed E-state index contributed by atoms with van der Waals surface area (Å²) < 4.78 is 26.8. The molecular formula is C23H21F2N3O4. The van der Waals surface area contributed by atoms with Crippen molar-refractivity contribution >= 4 is 23.6 Å². The van der Waals surface area contributed by atoms with Crippen molar-refractivity contribution in [3.8, 4) is 0 Å². The van der Waals surface area contributed by atoms with Crippen LogP contribution in [-0.2, 0) is 4.79 Å². The van der Waals surface area contributed by atoms with Crippen molar-refractivity contribution in [3.63, 3.8) is 0 Å². The third kappa shape index (κ3) is 3.86. The zero-order valence-electron chi connectivity index (χ0n) is 17.3. The summed E-state index contributed by atoms with van der Waals surface area (Å²) in [7, 11) is 0. The van der Waals surface area contributed by atoms with Gasteiger partial charge in [0, 0.05) is 25.2 Å². The van der Waals surface area contributed by atoms with E-state index in [-0.39, 0.29) is 28.6 Å². The van der Waals surface area contributed by atoms with Crippen molar-refractivity contribution < 1.29 is 28.0 Å². The summed E-state index contributed by atoms with van der Waals surface area (Å²) in [5, 5.41) is 2.71. The molecule has 0 spiro atoms. The Kier molecular flexibility index (Phi) is 5.73. The van der Waals surface area contributed by atoms with E-state index in [1.165, 1.54) is 6.92 Å². The molecule has 1 N–H and O–H groups in total. The van der Waals surface area contributed by atoms with Gasteiger partial charge in [-0.15, -0.1) is 0 Å². The number of nitrogens with one attached hydrogen (secondary N) is 1. The molecule has 2 aromatic rings. The third-order valence-electron chi connectivity index (χ3n) is 5.89. The van der Waals surface area contributed by atoms with Crippen LogP contribution in [0.15, 0.2) is 42.5 Å². The zero-order valence-corrected chi connectivity index (χ0v) is 17.3. The van der Waals surface area contributed by atoms with E-state index >= 15 is 0 Å². The number of nitrogens with zero attached hydrogens (tertiary/aromatic N) is 2. The fraction of sp³-hybridized carbons (Fsp3) is 0.304. The normalized spacial score (nSPS) is 17.3. The summed E-state index contributed by atoms with van der Waals surface area (Å²) in [5.41, 5.74) is 0.322. The van der Waals surface area contributed by atoms with Gasteiger partial charge < -0.3 is 10.2 Å². The molecule has 1 atom stereocenters. The molecule has 4 amide bonds. The highest BCUT2D eigenvalue weighted by Crippen LogP contribution is 2.25. The molecule has 32 heavy (non-hydrogen) atoms. The molecule has 1 unspecified atom stereocenters. The van der Waals surface area contributed by atoms with Gasteiger partial charge in [-0.1, -0.05) is 12.1 Å². The van der Waals surface area contributed by atoms with Gasteiger partial charge in [0.15, 0.2) is 0 Å². The topological polar surface area (TPSA) is 86.8 Å². The second-order valence-corrected chi connectivity index (χ2v) is 7.90. The van der Waals surface area contributed by atoms with Crippen LogP contribution in [0.25, 0.3) is 0 Å². The minimum absolute atomic E-state index is 0.246. The minimum Gasteiger partial charge on any atom is -0.349 e. The Morgan fingerprint density at radius 1 is 1.00 bits per heavy atom. The largest absolute Gasteiger partial charge is 0.349 e. The smallest absolute Gasteiger partial charge is 0.262 e. The fourth-order valence-electron chi connectivity index (χ4n) is 4.12. The molecule has 166 valence electrons. The van der Waals surface area contributed by atoms with Crippen LogP contribution in [0.3, 0.4) is 0 Å². The average molecular weight is 441 g/mol. The van der Waals surface area contributed by atoms with Gasteiger partial charge in [0.1, 0.15) is 17.7 Å². The van der Waals surface area contributed by atoms with Crippen LogP contribution in [-0.4, -0.2) is 58.6 Å². The predicted molar refractivity (Wildman–Crippen MR) is 110 cm³/mol. The molecular weight excluding hydrogens is 420 g/mol. The number of halogens is 2. The van der Waals surface area contributed by atoms with E-state index in [0.29, 0.717) is 32.0 Å². The third-order valence-corrected chi connectivity index (χ3v) is 5.89. The molecule has 0 aromatic heterocycles. The fourth-order valence-corrected chi connectivity index (χ4v) is 4.12. The van der Waals surface area contributed by atoms with Gasteiger partial charge in [0.05, 0.1) is 16.7 Å². The van der Waals surface area contributed by atoms with Crippen LogP contribution in [0, 0.1) is 11.6 Å². The van der Waals surface area contributed by atoms with E-state index in [0.717, 1.165) is 17.0 Å². The number of piperidine rings is 1. The Morgan fingerprint density at radius 2 is 1.59 bits per heavy atom. The average Bonchev–Trinajstić information content (AvgIpc) is 3.03. The maximum absolute atomic E-state index is 13.8.